The Kier molecular flexibility index (Phi) is 3.83. The normalized spacial score (nSPS) is 15.8. The van der Waals surface area contributed by atoms with Crippen molar-refractivity contribution >= 4 is 28.5 Å². The van der Waals surface area contributed by atoms with Gasteiger partial charge in [-0.3, -0.25) is 4.79 Å². The minimum Gasteiger partial charge on any atom is -0.337 e. The number of amides is 1. The van der Waals surface area contributed by atoms with Crippen LogP contribution in [0.25, 0.3) is 0 Å². The molecule has 1 N–H and O–H groups in total. The maximum absolute atomic E-state index is 12.2. The Morgan fingerprint density at radius 1 is 1.50 bits per heavy atom. The summed E-state index contributed by atoms with van der Waals surface area (Å²) in [6.45, 7) is 3.87. The highest BCUT2D eigenvalue weighted by atomic mass is 127. The first-order chi connectivity index (χ1) is 7.72. The molecular formula is C11H16IN3O. The third-order valence-electron chi connectivity index (χ3n) is 2.85. The zero-order valence-corrected chi connectivity index (χ0v) is 11.6. The molecule has 0 aliphatic carbocycles. The number of likely N-dealkylation sites (tertiary alicyclic amines) is 1. The zero-order chi connectivity index (χ0) is 11.5. The van der Waals surface area contributed by atoms with Gasteiger partial charge in [0.15, 0.2) is 9.53 Å². The average Bonchev–Trinajstić information content (AvgIpc) is 2.87. The first kappa shape index (κ1) is 11.9. The van der Waals surface area contributed by atoms with E-state index in [1.165, 1.54) is 0 Å². The molecule has 0 atom stereocenters. The van der Waals surface area contributed by atoms with Gasteiger partial charge < -0.3 is 9.88 Å². The summed E-state index contributed by atoms with van der Waals surface area (Å²) in [5.74, 6) is 0.0973. The van der Waals surface area contributed by atoms with Gasteiger partial charge in [0.1, 0.15) is 0 Å². The second-order valence-electron chi connectivity index (χ2n) is 4.10. The molecule has 5 heteroatoms. The molecular weight excluding hydrogens is 317 g/mol. The molecule has 4 nitrogen and oxygen atoms in total. The van der Waals surface area contributed by atoms with Gasteiger partial charge in [-0.15, -0.1) is 0 Å². The number of aromatic amines is 1. The Hall–Kier alpha value is -0.590. The standard InChI is InChI=1S/C11H16IN3O/c1-2-5-8-9(14-11(12)13-8)10(16)15-6-3-4-7-15/h2-7H2,1H3,(H,13,14). The maximum atomic E-state index is 12.2. The van der Waals surface area contributed by atoms with Crippen LogP contribution >= 0.6 is 22.6 Å². The average molecular weight is 333 g/mol. The molecule has 1 aromatic heterocycles. The van der Waals surface area contributed by atoms with Crippen molar-refractivity contribution in [3.8, 4) is 0 Å². The Balaban J connectivity index is 2.20. The molecule has 16 heavy (non-hydrogen) atoms. The number of rotatable bonds is 3. The van der Waals surface area contributed by atoms with Gasteiger partial charge >= 0.3 is 0 Å². The first-order valence-corrected chi connectivity index (χ1v) is 6.84. The molecule has 1 saturated heterocycles. The minimum atomic E-state index is 0.0973. The molecule has 2 heterocycles. The van der Waals surface area contributed by atoms with E-state index in [1.54, 1.807) is 0 Å². The van der Waals surface area contributed by atoms with Gasteiger partial charge in [0, 0.05) is 18.8 Å². The van der Waals surface area contributed by atoms with Gasteiger partial charge in [-0.1, -0.05) is 13.3 Å². The summed E-state index contributed by atoms with van der Waals surface area (Å²) >= 11 is 2.13. The quantitative estimate of drug-likeness (QED) is 0.862. The molecule has 2 rings (SSSR count). The Morgan fingerprint density at radius 2 is 2.19 bits per heavy atom. The van der Waals surface area contributed by atoms with Gasteiger partial charge in [0.25, 0.3) is 5.91 Å². The number of carbonyl (C=O) groups excluding carboxylic acids is 1. The van der Waals surface area contributed by atoms with Crippen molar-refractivity contribution in [1.29, 1.82) is 0 Å². The van der Waals surface area contributed by atoms with Crippen LogP contribution < -0.4 is 0 Å². The fourth-order valence-electron chi connectivity index (χ4n) is 2.06. The summed E-state index contributed by atoms with van der Waals surface area (Å²) in [7, 11) is 0. The number of nitrogens with zero attached hydrogens (tertiary/aromatic N) is 2. The summed E-state index contributed by atoms with van der Waals surface area (Å²) in [5.41, 5.74) is 1.62. The first-order valence-electron chi connectivity index (χ1n) is 5.76. The van der Waals surface area contributed by atoms with Gasteiger partial charge in [-0.2, -0.15) is 0 Å². The predicted octanol–water partition coefficient (Wildman–Crippen LogP) is 2.20. The third-order valence-corrected chi connectivity index (χ3v) is 3.36. The van der Waals surface area contributed by atoms with Crippen molar-refractivity contribution in [2.45, 2.75) is 32.6 Å². The second kappa shape index (κ2) is 5.16. The van der Waals surface area contributed by atoms with Crippen molar-refractivity contribution in [3.05, 3.63) is 15.2 Å². The fraction of sp³-hybridized carbons (Fsp3) is 0.636. The number of hydrogen-bond donors (Lipinski definition) is 1. The van der Waals surface area contributed by atoms with Gasteiger partial charge in [-0.25, -0.2) is 4.98 Å². The van der Waals surface area contributed by atoms with E-state index in [0.29, 0.717) is 5.69 Å². The molecule has 1 amide bonds. The number of H-pyrrole nitrogens is 1. The maximum Gasteiger partial charge on any atom is 0.274 e. The molecule has 1 fully saturated rings. The van der Waals surface area contributed by atoms with Gasteiger partial charge in [-0.05, 0) is 41.9 Å². The number of hydrogen-bond acceptors (Lipinski definition) is 2. The monoisotopic (exact) mass is 333 g/mol. The number of halogens is 1. The van der Waals surface area contributed by atoms with E-state index in [9.17, 15) is 4.79 Å². The van der Waals surface area contributed by atoms with E-state index < -0.39 is 0 Å². The lowest BCUT2D eigenvalue weighted by atomic mass is 10.2. The summed E-state index contributed by atoms with van der Waals surface area (Å²) in [5, 5.41) is 0. The van der Waals surface area contributed by atoms with E-state index in [0.717, 1.165) is 48.3 Å². The summed E-state index contributed by atoms with van der Waals surface area (Å²) in [6, 6.07) is 0. The second-order valence-corrected chi connectivity index (χ2v) is 5.13. The highest BCUT2D eigenvalue weighted by Crippen LogP contribution is 2.16. The molecule has 0 aromatic carbocycles. The molecule has 0 saturated carbocycles. The SMILES string of the molecule is CCCc1[nH]c(I)nc1C(=O)N1CCCC1. The molecule has 0 bridgehead atoms. The van der Waals surface area contributed by atoms with Gasteiger partial charge in [0.05, 0.1) is 0 Å². The molecule has 0 radical (unpaired) electrons. The van der Waals surface area contributed by atoms with E-state index >= 15 is 0 Å². The topological polar surface area (TPSA) is 49.0 Å². The van der Waals surface area contributed by atoms with Crippen LogP contribution in [0.1, 0.15) is 42.4 Å². The van der Waals surface area contributed by atoms with Crippen LogP contribution in [0.15, 0.2) is 0 Å². The van der Waals surface area contributed by atoms with Crippen LogP contribution in [-0.2, 0) is 6.42 Å². The third kappa shape index (κ3) is 2.39. The van der Waals surface area contributed by atoms with E-state index in [2.05, 4.69) is 39.5 Å². The van der Waals surface area contributed by atoms with E-state index in [-0.39, 0.29) is 5.91 Å². The van der Waals surface area contributed by atoms with E-state index in [4.69, 9.17) is 0 Å². The van der Waals surface area contributed by atoms with Crippen LogP contribution in [0.5, 0.6) is 0 Å². The minimum absolute atomic E-state index is 0.0973. The van der Waals surface area contributed by atoms with Crippen molar-refractivity contribution in [2.75, 3.05) is 13.1 Å². The van der Waals surface area contributed by atoms with Crippen LogP contribution in [0.4, 0.5) is 0 Å². The smallest absolute Gasteiger partial charge is 0.274 e. The number of nitrogens with one attached hydrogen (secondary N) is 1. The lowest BCUT2D eigenvalue weighted by molar-refractivity contribution is 0.0786. The Labute approximate surface area is 109 Å². The van der Waals surface area contributed by atoms with Gasteiger partial charge in [0.2, 0.25) is 0 Å². The molecule has 0 unspecified atom stereocenters. The molecule has 0 spiro atoms. The van der Waals surface area contributed by atoms with Crippen LogP contribution in [0, 0.1) is 3.83 Å². The summed E-state index contributed by atoms with van der Waals surface area (Å²) in [4.78, 5) is 21.6. The number of aryl methyl sites for hydroxylation is 1. The number of carbonyl (C=O) groups is 1. The fourth-order valence-corrected chi connectivity index (χ4v) is 2.62. The number of aromatic nitrogens is 2. The van der Waals surface area contributed by atoms with Crippen LogP contribution in [-0.4, -0.2) is 33.9 Å². The van der Waals surface area contributed by atoms with Crippen molar-refractivity contribution in [3.63, 3.8) is 0 Å². The Bertz CT molecular complexity index is 383. The lowest BCUT2D eigenvalue weighted by Crippen LogP contribution is -2.28. The Morgan fingerprint density at radius 3 is 2.81 bits per heavy atom. The molecule has 1 aromatic rings. The number of imidazole rings is 1. The molecule has 1 aliphatic heterocycles. The highest BCUT2D eigenvalue weighted by molar-refractivity contribution is 14.1. The van der Waals surface area contributed by atoms with Crippen molar-refractivity contribution in [1.82, 2.24) is 14.9 Å². The highest BCUT2D eigenvalue weighted by Gasteiger charge is 2.24. The van der Waals surface area contributed by atoms with Crippen molar-refractivity contribution in [2.24, 2.45) is 0 Å². The van der Waals surface area contributed by atoms with Crippen LogP contribution in [0.3, 0.4) is 0 Å². The largest absolute Gasteiger partial charge is 0.337 e. The molecule has 88 valence electrons. The van der Waals surface area contributed by atoms with Crippen LogP contribution in [0.2, 0.25) is 0 Å². The lowest BCUT2D eigenvalue weighted by Gasteiger charge is -2.14. The summed E-state index contributed by atoms with van der Waals surface area (Å²) < 4.78 is 0.809. The zero-order valence-electron chi connectivity index (χ0n) is 9.42. The van der Waals surface area contributed by atoms with Crippen molar-refractivity contribution < 1.29 is 4.79 Å². The van der Waals surface area contributed by atoms with E-state index in [1.807, 2.05) is 4.90 Å². The summed E-state index contributed by atoms with van der Waals surface area (Å²) in [6.07, 6.45) is 4.16. The molecule has 1 aliphatic rings. The predicted molar refractivity (Wildman–Crippen MR) is 70.4 cm³/mol.